The fourth-order valence-corrected chi connectivity index (χ4v) is 1.58. The van der Waals surface area contributed by atoms with Crippen LogP contribution in [-0.4, -0.2) is 37.4 Å². The predicted octanol–water partition coefficient (Wildman–Crippen LogP) is 3.02. The van der Waals surface area contributed by atoms with Gasteiger partial charge in [-0.25, -0.2) is 0 Å². The molecule has 0 aliphatic rings. The number of halogens is 3. The molecular weight excluding hydrogens is 291 g/mol. The quantitative estimate of drug-likeness (QED) is 0.438. The third-order valence-corrected chi connectivity index (χ3v) is 2.35. The van der Waals surface area contributed by atoms with Crippen LogP contribution >= 0.6 is 0 Å². The highest BCUT2D eigenvalue weighted by Gasteiger charge is 2.27. The number of alkyl halides is 3. The second-order valence-corrected chi connectivity index (χ2v) is 4.15. The molecule has 0 aliphatic carbocycles. The third kappa shape index (κ3) is 6.80. The third-order valence-electron chi connectivity index (χ3n) is 2.35. The summed E-state index contributed by atoms with van der Waals surface area (Å²) in [6.07, 6.45) is -4.36. The van der Waals surface area contributed by atoms with Gasteiger partial charge in [-0.1, -0.05) is 0 Å². The van der Waals surface area contributed by atoms with E-state index in [2.05, 4.69) is 15.4 Å². The van der Waals surface area contributed by atoms with Gasteiger partial charge in [-0.05, 0) is 13.0 Å². The van der Waals surface area contributed by atoms with Crippen LogP contribution in [0.25, 0.3) is 0 Å². The Morgan fingerprint density at radius 2 is 1.86 bits per heavy atom. The van der Waals surface area contributed by atoms with Crippen molar-refractivity contribution in [2.45, 2.75) is 13.1 Å². The van der Waals surface area contributed by atoms with E-state index in [-0.39, 0.29) is 18.8 Å². The molecule has 0 amide bonds. The summed E-state index contributed by atoms with van der Waals surface area (Å²) >= 11 is 0. The van der Waals surface area contributed by atoms with Crippen molar-refractivity contribution < 1.29 is 22.8 Å². The molecule has 0 heterocycles. The number of hydrogen-bond donors (Lipinski definition) is 2. The molecule has 0 fully saturated rings. The van der Waals surface area contributed by atoms with Crippen molar-refractivity contribution >= 4 is 17.1 Å². The van der Waals surface area contributed by atoms with Gasteiger partial charge < -0.3 is 15.4 Å². The lowest BCUT2D eigenvalue weighted by atomic mass is 10.2. The van der Waals surface area contributed by atoms with Gasteiger partial charge in [0, 0.05) is 36.6 Å². The number of anilines is 2. The molecule has 0 saturated heterocycles. The Morgan fingerprint density at radius 3 is 2.38 bits per heavy atom. The lowest BCUT2D eigenvalue weighted by Gasteiger charge is -2.11. The predicted molar refractivity (Wildman–Crippen MR) is 72.6 cm³/mol. The van der Waals surface area contributed by atoms with E-state index in [1.54, 1.807) is 6.07 Å². The van der Waals surface area contributed by atoms with Crippen LogP contribution in [-0.2, 0) is 4.74 Å². The van der Waals surface area contributed by atoms with Gasteiger partial charge in [-0.3, -0.25) is 10.1 Å². The van der Waals surface area contributed by atoms with E-state index in [0.717, 1.165) is 0 Å². The molecule has 1 aromatic rings. The summed E-state index contributed by atoms with van der Waals surface area (Å²) < 4.78 is 40.0. The highest BCUT2D eigenvalue weighted by Crippen LogP contribution is 2.24. The van der Waals surface area contributed by atoms with Crippen LogP contribution in [0.15, 0.2) is 18.2 Å². The van der Waals surface area contributed by atoms with Crippen LogP contribution in [0.4, 0.5) is 30.2 Å². The first-order valence-corrected chi connectivity index (χ1v) is 6.23. The van der Waals surface area contributed by atoms with Crippen LogP contribution < -0.4 is 10.6 Å². The molecule has 2 N–H and O–H groups in total. The lowest BCUT2D eigenvalue weighted by molar-refractivity contribution is -0.384. The van der Waals surface area contributed by atoms with E-state index >= 15 is 0 Å². The van der Waals surface area contributed by atoms with Gasteiger partial charge in [-0.2, -0.15) is 13.2 Å². The first-order chi connectivity index (χ1) is 9.81. The van der Waals surface area contributed by atoms with E-state index < -0.39 is 17.7 Å². The van der Waals surface area contributed by atoms with E-state index in [0.29, 0.717) is 17.9 Å². The number of rotatable bonds is 8. The molecule has 0 aromatic heterocycles. The standard InChI is InChI=1S/C12H16F3N3O3/c1-2-16-9-5-10(7-11(6-9)18(19)20)17-3-4-21-8-12(13,14)15/h5-7,16-17H,2-4,8H2,1H3. The smallest absolute Gasteiger partial charge is 0.385 e. The van der Waals surface area contributed by atoms with Crippen molar-refractivity contribution in [2.75, 3.05) is 36.9 Å². The first kappa shape index (κ1) is 17.0. The fraction of sp³-hybridized carbons (Fsp3) is 0.500. The van der Waals surface area contributed by atoms with Crippen LogP contribution in [0.1, 0.15) is 6.92 Å². The van der Waals surface area contributed by atoms with Crippen LogP contribution in [0, 0.1) is 10.1 Å². The van der Waals surface area contributed by atoms with E-state index in [1.165, 1.54) is 12.1 Å². The first-order valence-electron chi connectivity index (χ1n) is 6.23. The van der Waals surface area contributed by atoms with E-state index in [4.69, 9.17) is 0 Å². The number of ether oxygens (including phenoxy) is 1. The van der Waals surface area contributed by atoms with Gasteiger partial charge in [0.1, 0.15) is 6.61 Å². The lowest BCUT2D eigenvalue weighted by Crippen LogP contribution is -2.20. The summed E-state index contributed by atoms with van der Waals surface area (Å²) in [5.74, 6) is 0. The van der Waals surface area contributed by atoms with Gasteiger partial charge in [0.05, 0.1) is 11.5 Å². The molecule has 0 atom stereocenters. The van der Waals surface area contributed by atoms with Crippen LogP contribution in [0.5, 0.6) is 0 Å². The van der Waals surface area contributed by atoms with Crippen molar-refractivity contribution in [3.05, 3.63) is 28.3 Å². The molecule has 0 bridgehead atoms. The molecule has 0 radical (unpaired) electrons. The van der Waals surface area contributed by atoms with Crippen molar-refractivity contribution in [3.63, 3.8) is 0 Å². The van der Waals surface area contributed by atoms with Crippen LogP contribution in [0.3, 0.4) is 0 Å². The van der Waals surface area contributed by atoms with Gasteiger partial charge in [0.25, 0.3) is 5.69 Å². The van der Waals surface area contributed by atoms with E-state index in [9.17, 15) is 23.3 Å². The number of benzene rings is 1. The molecule has 0 aliphatic heterocycles. The molecule has 0 unspecified atom stereocenters. The minimum absolute atomic E-state index is 0.104. The molecule has 21 heavy (non-hydrogen) atoms. The normalized spacial score (nSPS) is 11.2. The molecule has 9 heteroatoms. The Morgan fingerprint density at radius 1 is 1.24 bits per heavy atom. The zero-order chi connectivity index (χ0) is 15.9. The number of nitrogens with zero attached hydrogens (tertiary/aromatic N) is 1. The van der Waals surface area contributed by atoms with Crippen molar-refractivity contribution in [3.8, 4) is 0 Å². The minimum Gasteiger partial charge on any atom is -0.385 e. The highest BCUT2D eigenvalue weighted by atomic mass is 19.4. The monoisotopic (exact) mass is 307 g/mol. The Hall–Kier alpha value is -2.03. The number of hydrogen-bond acceptors (Lipinski definition) is 5. The molecule has 0 spiro atoms. The summed E-state index contributed by atoms with van der Waals surface area (Å²) in [5.41, 5.74) is 0.897. The van der Waals surface area contributed by atoms with Gasteiger partial charge in [0.15, 0.2) is 0 Å². The molecule has 1 aromatic carbocycles. The summed E-state index contributed by atoms with van der Waals surface area (Å²) in [6.45, 7) is 1.08. The van der Waals surface area contributed by atoms with Gasteiger partial charge >= 0.3 is 6.18 Å². The molecular formula is C12H16F3N3O3. The fourth-order valence-electron chi connectivity index (χ4n) is 1.58. The molecule has 6 nitrogen and oxygen atoms in total. The van der Waals surface area contributed by atoms with Gasteiger partial charge in [0.2, 0.25) is 0 Å². The maximum Gasteiger partial charge on any atom is 0.411 e. The maximum atomic E-state index is 11.9. The Balaban J connectivity index is 2.55. The SMILES string of the molecule is CCNc1cc(NCCOCC(F)(F)F)cc([N+](=O)[O-])c1. The topological polar surface area (TPSA) is 76.4 Å². The number of nitrogens with one attached hydrogen (secondary N) is 2. The molecule has 0 saturated carbocycles. The zero-order valence-corrected chi connectivity index (χ0v) is 11.4. The average molecular weight is 307 g/mol. The molecule has 1 rings (SSSR count). The Bertz CT molecular complexity index is 481. The number of nitro groups is 1. The number of nitro benzene ring substituents is 1. The maximum absolute atomic E-state index is 11.9. The van der Waals surface area contributed by atoms with Crippen molar-refractivity contribution in [1.82, 2.24) is 0 Å². The molecule has 118 valence electrons. The number of non-ortho nitro benzene ring substituents is 1. The van der Waals surface area contributed by atoms with Crippen LogP contribution in [0.2, 0.25) is 0 Å². The Labute approximate surface area is 119 Å². The second-order valence-electron chi connectivity index (χ2n) is 4.15. The van der Waals surface area contributed by atoms with Crippen molar-refractivity contribution in [1.29, 1.82) is 0 Å². The largest absolute Gasteiger partial charge is 0.411 e. The average Bonchev–Trinajstić information content (AvgIpc) is 2.37. The minimum atomic E-state index is -4.36. The summed E-state index contributed by atoms with van der Waals surface area (Å²) in [6, 6.07) is 4.33. The zero-order valence-electron chi connectivity index (χ0n) is 11.4. The highest BCUT2D eigenvalue weighted by molar-refractivity contribution is 5.63. The Kier molecular flexibility index (Phi) is 6.22. The summed E-state index contributed by atoms with van der Waals surface area (Å²) in [7, 11) is 0. The van der Waals surface area contributed by atoms with Crippen molar-refractivity contribution in [2.24, 2.45) is 0 Å². The van der Waals surface area contributed by atoms with E-state index in [1.807, 2.05) is 6.92 Å². The van der Waals surface area contributed by atoms with Gasteiger partial charge in [-0.15, -0.1) is 0 Å². The second kappa shape index (κ2) is 7.67. The summed E-state index contributed by atoms with van der Waals surface area (Å²) in [5, 5.41) is 16.5. The summed E-state index contributed by atoms with van der Waals surface area (Å²) in [4.78, 5) is 10.3.